The predicted octanol–water partition coefficient (Wildman–Crippen LogP) is 4.07. The smallest absolute Gasteiger partial charge is 0.131 e. The van der Waals surface area contributed by atoms with Crippen LogP contribution in [-0.2, 0) is 13.0 Å². The molecule has 0 saturated carbocycles. The monoisotopic (exact) mass is 340 g/mol. The Kier molecular flexibility index (Phi) is 4.96. The molecule has 0 spiro atoms. The van der Waals surface area contributed by atoms with Gasteiger partial charge in [0.05, 0.1) is 10.7 Å². The van der Waals surface area contributed by atoms with Gasteiger partial charge in [-0.25, -0.2) is 4.98 Å². The third kappa shape index (κ3) is 3.78. The minimum atomic E-state index is -0.0512. The molecule has 0 amide bonds. The van der Waals surface area contributed by atoms with Gasteiger partial charge in [0.1, 0.15) is 12.4 Å². The fraction of sp³-hybridized carbons (Fsp3) is 0.357. The molecule has 3 nitrogen and oxygen atoms in total. The lowest BCUT2D eigenvalue weighted by Crippen LogP contribution is -2.08. The van der Waals surface area contributed by atoms with E-state index in [0.717, 1.165) is 32.9 Å². The predicted molar refractivity (Wildman–Crippen MR) is 82.6 cm³/mol. The molecule has 0 aliphatic carbocycles. The maximum Gasteiger partial charge on any atom is 0.131 e. The summed E-state index contributed by atoms with van der Waals surface area (Å²) in [5.74, 6) is 0.815. The molecular formula is C14H17BrN2OS. The Morgan fingerprint density at radius 1 is 1.47 bits per heavy atom. The van der Waals surface area contributed by atoms with E-state index >= 15 is 0 Å². The molecule has 2 rings (SSSR count). The van der Waals surface area contributed by atoms with E-state index in [2.05, 4.69) is 27.8 Å². The highest BCUT2D eigenvalue weighted by molar-refractivity contribution is 9.10. The third-order valence-corrected chi connectivity index (χ3v) is 4.28. The molecule has 1 aromatic carbocycles. The zero-order valence-electron chi connectivity index (χ0n) is 11.0. The number of hydrogen-bond acceptors (Lipinski definition) is 4. The van der Waals surface area contributed by atoms with Crippen molar-refractivity contribution in [3.05, 3.63) is 44.3 Å². The number of hydrogen-bond donors (Lipinski definition) is 1. The number of thiazole rings is 1. The van der Waals surface area contributed by atoms with Crippen LogP contribution >= 0.6 is 27.3 Å². The molecule has 0 saturated heterocycles. The van der Waals surface area contributed by atoms with Gasteiger partial charge in [-0.2, -0.15) is 0 Å². The molecule has 102 valence electrons. The van der Waals surface area contributed by atoms with Crippen molar-refractivity contribution >= 4 is 27.3 Å². The fourth-order valence-corrected chi connectivity index (χ4v) is 2.81. The van der Waals surface area contributed by atoms with Crippen LogP contribution in [0.15, 0.2) is 28.1 Å². The second kappa shape index (κ2) is 6.50. The van der Waals surface area contributed by atoms with Gasteiger partial charge in [0.15, 0.2) is 0 Å². The van der Waals surface area contributed by atoms with E-state index in [9.17, 15) is 0 Å². The molecule has 1 aromatic heterocycles. The van der Waals surface area contributed by atoms with Crippen LogP contribution in [0, 0.1) is 0 Å². The largest absolute Gasteiger partial charge is 0.487 e. The lowest BCUT2D eigenvalue weighted by atomic mass is 10.1. The Bertz CT molecular complexity index is 554. The van der Waals surface area contributed by atoms with E-state index < -0.39 is 0 Å². The number of nitrogens with two attached hydrogens (primary N) is 1. The van der Waals surface area contributed by atoms with Crippen LogP contribution in [0.1, 0.15) is 36.2 Å². The molecule has 2 N–H and O–H groups in total. The van der Waals surface area contributed by atoms with Crippen LogP contribution < -0.4 is 10.5 Å². The summed E-state index contributed by atoms with van der Waals surface area (Å²) < 4.78 is 6.84. The summed E-state index contributed by atoms with van der Waals surface area (Å²) in [6.45, 7) is 4.53. The first kappa shape index (κ1) is 14.5. The highest BCUT2D eigenvalue weighted by Gasteiger charge is 2.10. The summed E-state index contributed by atoms with van der Waals surface area (Å²) >= 11 is 5.13. The van der Waals surface area contributed by atoms with Crippen LogP contribution in [-0.4, -0.2) is 4.98 Å². The molecule has 1 heterocycles. The van der Waals surface area contributed by atoms with Gasteiger partial charge in [0.25, 0.3) is 0 Å². The number of benzene rings is 1. The second-order valence-corrected chi connectivity index (χ2v) is 6.20. The molecule has 5 heteroatoms. The van der Waals surface area contributed by atoms with Crippen LogP contribution in [0.4, 0.5) is 0 Å². The Balaban J connectivity index is 2.12. The van der Waals surface area contributed by atoms with E-state index in [1.807, 2.05) is 30.5 Å². The summed E-state index contributed by atoms with van der Waals surface area (Å²) in [7, 11) is 0. The molecule has 0 aliphatic rings. The lowest BCUT2D eigenvalue weighted by Gasteiger charge is -2.13. The van der Waals surface area contributed by atoms with E-state index in [0.29, 0.717) is 6.61 Å². The quantitative estimate of drug-likeness (QED) is 0.892. The maximum atomic E-state index is 5.95. The van der Waals surface area contributed by atoms with Gasteiger partial charge < -0.3 is 10.5 Å². The van der Waals surface area contributed by atoms with Gasteiger partial charge in [0.2, 0.25) is 0 Å². The van der Waals surface area contributed by atoms with Gasteiger partial charge >= 0.3 is 0 Å². The summed E-state index contributed by atoms with van der Waals surface area (Å²) in [6.07, 6.45) is 0.965. The molecule has 1 unspecified atom stereocenters. The first-order valence-electron chi connectivity index (χ1n) is 6.21. The zero-order valence-corrected chi connectivity index (χ0v) is 13.4. The van der Waals surface area contributed by atoms with Crippen LogP contribution in [0.25, 0.3) is 0 Å². The average Bonchev–Trinajstić information content (AvgIpc) is 2.84. The second-order valence-electron chi connectivity index (χ2n) is 4.35. The van der Waals surface area contributed by atoms with Crippen molar-refractivity contribution in [3.8, 4) is 5.75 Å². The minimum absolute atomic E-state index is 0.0512. The molecular weight excluding hydrogens is 324 g/mol. The SMILES string of the molecule is CCc1nc(COc2cc(Br)ccc2C(C)N)cs1. The van der Waals surface area contributed by atoms with Gasteiger partial charge in [-0.15, -0.1) is 11.3 Å². The van der Waals surface area contributed by atoms with Crippen molar-refractivity contribution in [1.29, 1.82) is 0 Å². The van der Waals surface area contributed by atoms with Crippen molar-refractivity contribution in [2.45, 2.75) is 32.9 Å². The van der Waals surface area contributed by atoms with Crippen LogP contribution in [0.2, 0.25) is 0 Å². The van der Waals surface area contributed by atoms with Gasteiger partial charge in [0, 0.05) is 21.5 Å². The number of aromatic nitrogens is 1. The average molecular weight is 341 g/mol. The van der Waals surface area contributed by atoms with Crippen molar-refractivity contribution in [1.82, 2.24) is 4.98 Å². The maximum absolute atomic E-state index is 5.95. The topological polar surface area (TPSA) is 48.1 Å². The zero-order chi connectivity index (χ0) is 13.8. The van der Waals surface area contributed by atoms with Gasteiger partial charge in [-0.3, -0.25) is 0 Å². The summed E-state index contributed by atoms with van der Waals surface area (Å²) in [6, 6.07) is 5.86. The van der Waals surface area contributed by atoms with Crippen molar-refractivity contribution in [2.24, 2.45) is 5.73 Å². The minimum Gasteiger partial charge on any atom is -0.487 e. The molecule has 0 bridgehead atoms. The van der Waals surface area contributed by atoms with E-state index in [1.54, 1.807) is 11.3 Å². The highest BCUT2D eigenvalue weighted by atomic mass is 79.9. The summed E-state index contributed by atoms with van der Waals surface area (Å²) in [5, 5.41) is 3.18. The lowest BCUT2D eigenvalue weighted by molar-refractivity contribution is 0.297. The van der Waals surface area contributed by atoms with E-state index in [4.69, 9.17) is 10.5 Å². The Hall–Kier alpha value is -0.910. The van der Waals surface area contributed by atoms with E-state index in [1.165, 1.54) is 0 Å². The molecule has 2 aromatic rings. The summed E-state index contributed by atoms with van der Waals surface area (Å²) in [5.41, 5.74) is 7.93. The van der Waals surface area contributed by atoms with Crippen molar-refractivity contribution in [2.75, 3.05) is 0 Å². The molecule has 0 fully saturated rings. The van der Waals surface area contributed by atoms with Gasteiger partial charge in [-0.1, -0.05) is 28.9 Å². The Labute approximate surface area is 125 Å². The number of nitrogens with zero attached hydrogens (tertiary/aromatic N) is 1. The first-order valence-corrected chi connectivity index (χ1v) is 7.88. The third-order valence-electron chi connectivity index (χ3n) is 2.74. The van der Waals surface area contributed by atoms with E-state index in [-0.39, 0.29) is 6.04 Å². The van der Waals surface area contributed by atoms with Crippen molar-refractivity contribution in [3.63, 3.8) is 0 Å². The molecule has 19 heavy (non-hydrogen) atoms. The normalized spacial score (nSPS) is 12.4. The van der Waals surface area contributed by atoms with Gasteiger partial charge in [-0.05, 0) is 25.5 Å². The fourth-order valence-electron chi connectivity index (χ4n) is 1.74. The highest BCUT2D eigenvalue weighted by Crippen LogP contribution is 2.28. The number of ether oxygens (including phenoxy) is 1. The molecule has 0 radical (unpaired) electrons. The van der Waals surface area contributed by atoms with Crippen LogP contribution in [0.3, 0.4) is 0 Å². The first-order chi connectivity index (χ1) is 9.10. The Morgan fingerprint density at radius 3 is 2.89 bits per heavy atom. The number of halogens is 1. The molecule has 0 aliphatic heterocycles. The number of rotatable bonds is 5. The number of aryl methyl sites for hydroxylation is 1. The standard InChI is InChI=1S/C14H17BrN2OS/c1-3-14-17-11(8-19-14)7-18-13-6-10(15)4-5-12(13)9(2)16/h4-6,8-9H,3,7,16H2,1-2H3. The Morgan fingerprint density at radius 2 is 2.26 bits per heavy atom. The molecule has 1 atom stereocenters. The van der Waals surface area contributed by atoms with Crippen LogP contribution in [0.5, 0.6) is 5.75 Å². The summed E-state index contributed by atoms with van der Waals surface area (Å²) in [4.78, 5) is 4.49. The van der Waals surface area contributed by atoms with Crippen molar-refractivity contribution < 1.29 is 4.74 Å².